The second-order valence-corrected chi connectivity index (χ2v) is 4.94. The second kappa shape index (κ2) is 7.22. The van der Waals surface area contributed by atoms with Gasteiger partial charge in [0.2, 0.25) is 5.91 Å². The molecule has 0 radical (unpaired) electrons. The quantitative estimate of drug-likeness (QED) is 0.824. The summed E-state index contributed by atoms with van der Waals surface area (Å²) in [5.41, 5.74) is 7.27. The number of anilines is 1. The molecule has 0 aliphatic carbocycles. The third-order valence-electron chi connectivity index (χ3n) is 3.04. The Morgan fingerprint density at radius 1 is 1.04 bits per heavy atom. The number of esters is 1. The van der Waals surface area contributed by atoms with Gasteiger partial charge in [-0.05, 0) is 43.3 Å². The van der Waals surface area contributed by atoms with Crippen LogP contribution in [0.25, 0.3) is 0 Å². The molecule has 0 aromatic heterocycles. The van der Waals surface area contributed by atoms with Gasteiger partial charge in [-0.2, -0.15) is 0 Å². The molecule has 0 saturated carbocycles. The molecule has 6 heteroatoms. The molecule has 0 saturated heterocycles. The Hall–Kier alpha value is -3.15. The number of hydrogen-bond acceptors (Lipinski definition) is 4. The van der Waals surface area contributed by atoms with Crippen molar-refractivity contribution in [2.45, 2.75) is 6.92 Å². The van der Waals surface area contributed by atoms with Crippen molar-refractivity contribution in [3.63, 3.8) is 0 Å². The van der Waals surface area contributed by atoms with Crippen LogP contribution in [-0.2, 0) is 9.53 Å². The predicted molar refractivity (Wildman–Crippen MR) is 85.1 cm³/mol. The van der Waals surface area contributed by atoms with Gasteiger partial charge in [0.25, 0.3) is 5.91 Å². The number of nitrogens with one attached hydrogen (secondary N) is 1. The first-order valence-electron chi connectivity index (χ1n) is 6.89. The maximum atomic E-state index is 11.8. The monoisotopic (exact) mass is 312 g/mol. The highest BCUT2D eigenvalue weighted by atomic mass is 16.5. The molecule has 3 N–H and O–H groups in total. The largest absolute Gasteiger partial charge is 0.452 e. The Bertz CT molecular complexity index is 739. The molecular formula is C17H16N2O4. The van der Waals surface area contributed by atoms with Gasteiger partial charge in [-0.25, -0.2) is 4.79 Å². The maximum absolute atomic E-state index is 11.8. The smallest absolute Gasteiger partial charge is 0.338 e. The summed E-state index contributed by atoms with van der Waals surface area (Å²) in [7, 11) is 0. The highest BCUT2D eigenvalue weighted by Gasteiger charge is 2.10. The highest BCUT2D eigenvalue weighted by molar-refractivity contribution is 5.96. The molecule has 0 aliphatic heterocycles. The SMILES string of the molecule is Cc1cccc(C(=O)OCC(=O)Nc2ccc(C(N)=O)cc2)c1. The summed E-state index contributed by atoms with van der Waals surface area (Å²) in [6, 6.07) is 13.0. The number of carbonyl (C=O) groups excluding carboxylic acids is 3. The number of ether oxygens (including phenoxy) is 1. The summed E-state index contributed by atoms with van der Waals surface area (Å²) < 4.78 is 4.95. The van der Waals surface area contributed by atoms with Crippen molar-refractivity contribution in [3.05, 3.63) is 65.2 Å². The normalized spacial score (nSPS) is 9.96. The van der Waals surface area contributed by atoms with Crippen molar-refractivity contribution < 1.29 is 19.1 Å². The van der Waals surface area contributed by atoms with Crippen LogP contribution in [0.4, 0.5) is 5.69 Å². The van der Waals surface area contributed by atoms with Crippen molar-refractivity contribution in [1.82, 2.24) is 0 Å². The van der Waals surface area contributed by atoms with Crippen LogP contribution < -0.4 is 11.1 Å². The number of carbonyl (C=O) groups is 3. The van der Waals surface area contributed by atoms with Crippen LogP contribution in [0.3, 0.4) is 0 Å². The van der Waals surface area contributed by atoms with E-state index in [2.05, 4.69) is 5.32 Å². The lowest BCUT2D eigenvalue weighted by Crippen LogP contribution is -2.21. The van der Waals surface area contributed by atoms with E-state index in [1.165, 1.54) is 12.1 Å². The summed E-state index contributed by atoms with van der Waals surface area (Å²) in [5, 5.41) is 2.56. The van der Waals surface area contributed by atoms with Gasteiger partial charge in [0.05, 0.1) is 5.56 Å². The Morgan fingerprint density at radius 2 is 1.74 bits per heavy atom. The van der Waals surface area contributed by atoms with Gasteiger partial charge in [0, 0.05) is 11.3 Å². The van der Waals surface area contributed by atoms with E-state index in [9.17, 15) is 14.4 Å². The van der Waals surface area contributed by atoms with Crippen molar-refractivity contribution in [2.24, 2.45) is 5.73 Å². The number of nitrogens with two attached hydrogens (primary N) is 1. The molecule has 2 rings (SSSR count). The van der Waals surface area contributed by atoms with Gasteiger partial charge in [0.15, 0.2) is 6.61 Å². The van der Waals surface area contributed by atoms with Crippen LogP contribution in [0.15, 0.2) is 48.5 Å². The number of rotatable bonds is 5. The minimum atomic E-state index is -0.562. The zero-order chi connectivity index (χ0) is 16.8. The summed E-state index contributed by atoms with van der Waals surface area (Å²) in [4.78, 5) is 34.5. The van der Waals surface area contributed by atoms with Crippen LogP contribution in [0.5, 0.6) is 0 Å². The van der Waals surface area contributed by atoms with Gasteiger partial charge in [-0.1, -0.05) is 17.7 Å². The fourth-order valence-corrected chi connectivity index (χ4v) is 1.90. The molecule has 0 fully saturated rings. The van der Waals surface area contributed by atoms with E-state index < -0.39 is 24.4 Å². The molecule has 2 amide bonds. The molecule has 23 heavy (non-hydrogen) atoms. The summed E-state index contributed by atoms with van der Waals surface area (Å²) in [6.07, 6.45) is 0. The lowest BCUT2D eigenvalue weighted by molar-refractivity contribution is -0.119. The van der Waals surface area contributed by atoms with E-state index in [0.29, 0.717) is 16.8 Å². The van der Waals surface area contributed by atoms with Crippen LogP contribution in [0, 0.1) is 6.92 Å². The number of amides is 2. The number of hydrogen-bond donors (Lipinski definition) is 2. The van der Waals surface area contributed by atoms with E-state index in [4.69, 9.17) is 10.5 Å². The first kappa shape index (κ1) is 16.2. The second-order valence-electron chi connectivity index (χ2n) is 4.94. The third kappa shape index (κ3) is 4.67. The Morgan fingerprint density at radius 3 is 2.35 bits per heavy atom. The molecule has 118 valence electrons. The van der Waals surface area contributed by atoms with Crippen LogP contribution in [0.1, 0.15) is 26.3 Å². The summed E-state index contributed by atoms with van der Waals surface area (Å²) in [6.45, 7) is 1.46. The zero-order valence-corrected chi connectivity index (χ0v) is 12.5. The average molecular weight is 312 g/mol. The molecule has 0 bridgehead atoms. The number of benzene rings is 2. The standard InChI is InChI=1S/C17H16N2O4/c1-11-3-2-4-13(9-11)17(22)23-10-15(20)19-14-7-5-12(6-8-14)16(18)21/h2-9H,10H2,1H3,(H2,18,21)(H,19,20). The predicted octanol–water partition coefficient (Wildman–Crippen LogP) is 1.89. The van der Waals surface area contributed by atoms with Crippen molar-refractivity contribution in [1.29, 1.82) is 0 Å². The molecule has 0 aliphatic rings. The highest BCUT2D eigenvalue weighted by Crippen LogP contribution is 2.09. The lowest BCUT2D eigenvalue weighted by Gasteiger charge is -2.07. The van der Waals surface area contributed by atoms with Gasteiger partial charge >= 0.3 is 5.97 Å². The Kier molecular flexibility index (Phi) is 5.09. The van der Waals surface area contributed by atoms with E-state index in [-0.39, 0.29) is 0 Å². The van der Waals surface area contributed by atoms with Gasteiger partial charge < -0.3 is 15.8 Å². The number of primary amides is 1. The van der Waals surface area contributed by atoms with E-state index >= 15 is 0 Å². The van der Waals surface area contributed by atoms with Crippen molar-refractivity contribution in [3.8, 4) is 0 Å². The van der Waals surface area contributed by atoms with Gasteiger partial charge in [-0.15, -0.1) is 0 Å². The molecule has 0 atom stereocenters. The van der Waals surface area contributed by atoms with E-state index in [0.717, 1.165) is 5.56 Å². The molecule has 0 spiro atoms. The third-order valence-corrected chi connectivity index (χ3v) is 3.04. The molecule has 0 heterocycles. The zero-order valence-electron chi connectivity index (χ0n) is 12.5. The van der Waals surface area contributed by atoms with Crippen LogP contribution in [-0.4, -0.2) is 24.4 Å². The summed E-state index contributed by atoms with van der Waals surface area (Å²) in [5.74, 6) is -1.58. The molecule has 0 unspecified atom stereocenters. The molecule has 2 aromatic rings. The topological polar surface area (TPSA) is 98.5 Å². The lowest BCUT2D eigenvalue weighted by atomic mass is 10.1. The fourth-order valence-electron chi connectivity index (χ4n) is 1.90. The van der Waals surface area contributed by atoms with Crippen LogP contribution >= 0.6 is 0 Å². The molecular weight excluding hydrogens is 296 g/mol. The minimum Gasteiger partial charge on any atom is -0.452 e. The molecule has 2 aromatic carbocycles. The van der Waals surface area contributed by atoms with Crippen LogP contribution in [0.2, 0.25) is 0 Å². The summed E-state index contributed by atoms with van der Waals surface area (Å²) >= 11 is 0. The first-order valence-corrected chi connectivity index (χ1v) is 6.89. The fraction of sp³-hybridized carbons (Fsp3) is 0.118. The maximum Gasteiger partial charge on any atom is 0.338 e. The van der Waals surface area contributed by atoms with Gasteiger partial charge in [-0.3, -0.25) is 9.59 Å². The number of aryl methyl sites for hydroxylation is 1. The van der Waals surface area contributed by atoms with Gasteiger partial charge in [0.1, 0.15) is 0 Å². The first-order chi connectivity index (χ1) is 11.0. The van der Waals surface area contributed by atoms with Crippen molar-refractivity contribution >= 4 is 23.5 Å². The minimum absolute atomic E-state index is 0.342. The Balaban J connectivity index is 1.87. The van der Waals surface area contributed by atoms with E-state index in [1.807, 2.05) is 13.0 Å². The average Bonchev–Trinajstić information content (AvgIpc) is 2.53. The Labute approximate surface area is 133 Å². The van der Waals surface area contributed by atoms with E-state index in [1.54, 1.807) is 30.3 Å². The molecule has 6 nitrogen and oxygen atoms in total. The van der Waals surface area contributed by atoms with Crippen molar-refractivity contribution in [2.75, 3.05) is 11.9 Å².